The number of hydrogen-bond acceptors (Lipinski definition) is 3. The normalized spacial score (nSPS) is 12.8. The number of nitrogens with one attached hydrogen (secondary N) is 1. The molecular formula is C19H25N3O2. The number of hydrogen-bond donors (Lipinski definition) is 3. The maximum Gasteiger partial charge on any atom is 0.193 e. The van der Waals surface area contributed by atoms with Crippen molar-refractivity contribution < 1.29 is 9.84 Å². The summed E-state index contributed by atoms with van der Waals surface area (Å²) in [4.78, 5) is 4.16. The lowest BCUT2D eigenvalue weighted by Crippen LogP contribution is -2.27. The Morgan fingerprint density at radius 1 is 1.12 bits per heavy atom. The van der Waals surface area contributed by atoms with Crippen molar-refractivity contribution in [1.82, 2.24) is 0 Å². The number of aliphatic hydroxyl groups is 1. The molecule has 0 aliphatic heterocycles. The summed E-state index contributed by atoms with van der Waals surface area (Å²) < 4.78 is 5.55. The quantitative estimate of drug-likeness (QED) is 0.563. The summed E-state index contributed by atoms with van der Waals surface area (Å²) in [7, 11) is 0. The van der Waals surface area contributed by atoms with E-state index in [0.29, 0.717) is 0 Å². The summed E-state index contributed by atoms with van der Waals surface area (Å²) >= 11 is 0. The van der Waals surface area contributed by atoms with Gasteiger partial charge in [0, 0.05) is 5.69 Å². The van der Waals surface area contributed by atoms with E-state index in [9.17, 15) is 5.11 Å². The van der Waals surface area contributed by atoms with Gasteiger partial charge in [-0.15, -0.1) is 0 Å². The third-order valence-corrected chi connectivity index (χ3v) is 3.40. The second-order valence-electron chi connectivity index (χ2n) is 6.01. The first-order chi connectivity index (χ1) is 11.4. The van der Waals surface area contributed by atoms with Gasteiger partial charge in [0.2, 0.25) is 0 Å². The van der Waals surface area contributed by atoms with Gasteiger partial charge in [-0.2, -0.15) is 0 Å². The van der Waals surface area contributed by atoms with Gasteiger partial charge in [0.15, 0.2) is 5.96 Å². The minimum absolute atomic E-state index is 0.170. The molecule has 0 aliphatic rings. The van der Waals surface area contributed by atoms with Crippen molar-refractivity contribution in [2.45, 2.75) is 26.9 Å². The van der Waals surface area contributed by atoms with Crippen LogP contribution in [0, 0.1) is 20.8 Å². The number of ether oxygens (including phenoxy) is 1. The predicted octanol–water partition coefficient (Wildman–Crippen LogP) is 2.78. The summed E-state index contributed by atoms with van der Waals surface area (Å²) in [6.45, 7) is 6.39. The molecule has 2 aromatic rings. The number of anilines is 1. The van der Waals surface area contributed by atoms with Crippen LogP contribution in [0.1, 0.15) is 16.7 Å². The van der Waals surface area contributed by atoms with E-state index in [2.05, 4.69) is 16.4 Å². The summed E-state index contributed by atoms with van der Waals surface area (Å²) in [5, 5.41) is 13.0. The number of nitrogens with zero attached hydrogens (tertiary/aromatic N) is 1. The highest BCUT2D eigenvalue weighted by atomic mass is 16.5. The molecule has 0 aromatic heterocycles. The molecule has 2 rings (SSSR count). The van der Waals surface area contributed by atoms with E-state index < -0.39 is 6.10 Å². The van der Waals surface area contributed by atoms with E-state index in [1.807, 2.05) is 57.2 Å². The van der Waals surface area contributed by atoms with Crippen LogP contribution < -0.4 is 15.8 Å². The maximum absolute atomic E-state index is 9.97. The molecule has 128 valence electrons. The van der Waals surface area contributed by atoms with Crippen LogP contribution in [-0.4, -0.2) is 30.3 Å². The predicted molar refractivity (Wildman–Crippen MR) is 98.7 cm³/mol. The van der Waals surface area contributed by atoms with E-state index >= 15 is 0 Å². The lowest BCUT2D eigenvalue weighted by Gasteiger charge is -2.12. The van der Waals surface area contributed by atoms with Crippen LogP contribution in [0.2, 0.25) is 0 Å². The molecular weight excluding hydrogens is 302 g/mol. The Morgan fingerprint density at radius 3 is 2.50 bits per heavy atom. The monoisotopic (exact) mass is 327 g/mol. The SMILES string of the molecule is Cc1cc(C)cc(NC(N)=NCC(O)COc2cccc(C)c2)c1. The van der Waals surface area contributed by atoms with Crippen molar-refractivity contribution in [1.29, 1.82) is 0 Å². The fraction of sp³-hybridized carbons (Fsp3) is 0.316. The van der Waals surface area contributed by atoms with Crippen molar-refractivity contribution >= 4 is 11.6 Å². The molecule has 24 heavy (non-hydrogen) atoms. The molecule has 0 amide bonds. The van der Waals surface area contributed by atoms with Crippen LogP contribution >= 0.6 is 0 Å². The molecule has 2 aromatic carbocycles. The Kier molecular flexibility index (Phi) is 6.21. The van der Waals surface area contributed by atoms with Gasteiger partial charge in [0.25, 0.3) is 0 Å². The number of guanidine groups is 1. The van der Waals surface area contributed by atoms with Gasteiger partial charge in [-0.25, -0.2) is 0 Å². The van der Waals surface area contributed by atoms with Crippen LogP contribution in [0.5, 0.6) is 5.75 Å². The molecule has 0 radical (unpaired) electrons. The lowest BCUT2D eigenvalue weighted by atomic mass is 10.1. The summed E-state index contributed by atoms with van der Waals surface area (Å²) in [5.74, 6) is 1.01. The molecule has 0 fully saturated rings. The molecule has 1 atom stereocenters. The highest BCUT2D eigenvalue weighted by Crippen LogP contribution is 2.14. The van der Waals surface area contributed by atoms with E-state index in [0.717, 1.165) is 28.1 Å². The zero-order chi connectivity index (χ0) is 17.5. The van der Waals surface area contributed by atoms with Gasteiger partial charge >= 0.3 is 0 Å². The third kappa shape index (κ3) is 5.93. The first-order valence-electron chi connectivity index (χ1n) is 7.95. The molecule has 0 saturated heterocycles. The zero-order valence-corrected chi connectivity index (χ0v) is 14.4. The average Bonchev–Trinajstić information content (AvgIpc) is 2.50. The van der Waals surface area contributed by atoms with Crippen LogP contribution in [-0.2, 0) is 0 Å². The third-order valence-electron chi connectivity index (χ3n) is 3.40. The fourth-order valence-corrected chi connectivity index (χ4v) is 2.39. The lowest BCUT2D eigenvalue weighted by molar-refractivity contribution is 0.114. The smallest absolute Gasteiger partial charge is 0.193 e. The molecule has 5 heteroatoms. The van der Waals surface area contributed by atoms with Crippen molar-refractivity contribution in [2.75, 3.05) is 18.5 Å². The maximum atomic E-state index is 9.97. The Morgan fingerprint density at radius 2 is 1.83 bits per heavy atom. The topological polar surface area (TPSA) is 79.9 Å². The Hall–Kier alpha value is -2.53. The molecule has 0 heterocycles. The number of nitrogens with two attached hydrogens (primary N) is 1. The standard InChI is InChI=1S/C19H25N3O2/c1-13-5-4-6-18(10-13)24-12-17(23)11-21-19(20)22-16-8-14(2)7-15(3)9-16/h4-10,17,23H,11-12H2,1-3H3,(H3,20,21,22). The molecule has 0 saturated carbocycles. The summed E-state index contributed by atoms with van der Waals surface area (Å²) in [5.41, 5.74) is 10.2. The van der Waals surface area contributed by atoms with Gasteiger partial charge in [0.05, 0.1) is 6.54 Å². The van der Waals surface area contributed by atoms with E-state index in [1.165, 1.54) is 0 Å². The number of aliphatic hydroxyl groups excluding tert-OH is 1. The molecule has 5 nitrogen and oxygen atoms in total. The number of rotatable bonds is 6. The van der Waals surface area contributed by atoms with E-state index in [-0.39, 0.29) is 19.1 Å². The highest BCUT2D eigenvalue weighted by Gasteiger charge is 2.05. The molecule has 4 N–H and O–H groups in total. The summed E-state index contributed by atoms with van der Waals surface area (Å²) in [6.07, 6.45) is -0.717. The number of benzene rings is 2. The van der Waals surface area contributed by atoms with Gasteiger partial charge in [-0.3, -0.25) is 4.99 Å². The van der Waals surface area contributed by atoms with Crippen LogP contribution in [0.4, 0.5) is 5.69 Å². The minimum atomic E-state index is -0.717. The Balaban J connectivity index is 1.82. The van der Waals surface area contributed by atoms with Crippen molar-refractivity contribution in [2.24, 2.45) is 10.7 Å². The minimum Gasteiger partial charge on any atom is -0.491 e. The highest BCUT2D eigenvalue weighted by molar-refractivity contribution is 5.92. The largest absolute Gasteiger partial charge is 0.491 e. The first kappa shape index (κ1) is 17.8. The van der Waals surface area contributed by atoms with Crippen LogP contribution in [0.15, 0.2) is 47.5 Å². The molecule has 1 unspecified atom stereocenters. The van der Waals surface area contributed by atoms with E-state index in [1.54, 1.807) is 0 Å². The van der Waals surface area contributed by atoms with Crippen LogP contribution in [0.3, 0.4) is 0 Å². The zero-order valence-electron chi connectivity index (χ0n) is 14.4. The fourth-order valence-electron chi connectivity index (χ4n) is 2.39. The van der Waals surface area contributed by atoms with E-state index in [4.69, 9.17) is 10.5 Å². The van der Waals surface area contributed by atoms with Gasteiger partial charge < -0.3 is 20.9 Å². The molecule has 0 aliphatic carbocycles. The number of aryl methyl sites for hydroxylation is 3. The van der Waals surface area contributed by atoms with Gasteiger partial charge in [0.1, 0.15) is 18.5 Å². The molecule has 0 spiro atoms. The van der Waals surface area contributed by atoms with Gasteiger partial charge in [-0.05, 0) is 61.7 Å². The van der Waals surface area contributed by atoms with Crippen molar-refractivity contribution in [3.8, 4) is 5.75 Å². The second kappa shape index (κ2) is 8.36. The summed E-state index contributed by atoms with van der Waals surface area (Å²) in [6, 6.07) is 13.8. The number of aliphatic imine (C=N–C) groups is 1. The van der Waals surface area contributed by atoms with Crippen LogP contribution in [0.25, 0.3) is 0 Å². The Bertz CT molecular complexity index is 693. The van der Waals surface area contributed by atoms with Gasteiger partial charge in [-0.1, -0.05) is 18.2 Å². The molecule has 0 bridgehead atoms. The second-order valence-corrected chi connectivity index (χ2v) is 6.01. The first-order valence-corrected chi connectivity index (χ1v) is 7.95. The van der Waals surface area contributed by atoms with Crippen molar-refractivity contribution in [3.63, 3.8) is 0 Å². The Labute approximate surface area is 143 Å². The average molecular weight is 327 g/mol. The van der Waals surface area contributed by atoms with Crippen molar-refractivity contribution in [3.05, 3.63) is 59.2 Å².